The van der Waals surface area contributed by atoms with Gasteiger partial charge in [-0.1, -0.05) is 0 Å². The molecule has 0 saturated carbocycles. The molecule has 0 bridgehead atoms. The Morgan fingerprint density at radius 3 is 2.14 bits per heavy atom. The van der Waals surface area contributed by atoms with E-state index in [1.807, 2.05) is 0 Å². The molecule has 0 unspecified atom stereocenters. The van der Waals surface area contributed by atoms with Gasteiger partial charge in [-0.05, 0) is 12.8 Å². The highest BCUT2D eigenvalue weighted by atomic mass is 32.3. The van der Waals surface area contributed by atoms with E-state index < -0.39 is 24.9 Å². The Kier molecular flexibility index (Phi) is 5.57. The highest BCUT2D eigenvalue weighted by Gasteiger charge is 2.16. The largest absolute Gasteiger partial charge is 0.396 e. The zero-order valence-electron chi connectivity index (χ0n) is 7.93. The molecule has 0 aliphatic carbocycles. The topological polar surface area (TPSA) is 101 Å². The van der Waals surface area contributed by atoms with Crippen molar-refractivity contribution in [2.75, 3.05) is 24.5 Å². The highest BCUT2D eigenvalue weighted by molar-refractivity contribution is 8.06. The fraction of sp³-hybridized carbons (Fsp3) is 1.00. The van der Waals surface area contributed by atoms with Gasteiger partial charge in [0.05, 0.1) is 0 Å². The Morgan fingerprint density at radius 2 is 1.71 bits per heavy atom. The number of sulfonamides is 1. The van der Waals surface area contributed by atoms with Crippen LogP contribution in [-0.2, 0) is 19.9 Å². The average Bonchev–Trinajstić information content (AvgIpc) is 1.93. The predicted octanol–water partition coefficient (Wildman–Crippen LogP) is -1.32. The molecule has 6 nitrogen and oxygen atoms in total. The molecule has 86 valence electrons. The van der Waals surface area contributed by atoms with Gasteiger partial charge in [0, 0.05) is 19.4 Å². The standard InChI is InChI=1S/C6H15NO5S2/c1-13(9,10)6-14(11,12)7-4-2-3-5-8/h7-8H,2-6H2,1H3. The molecule has 0 aromatic heterocycles. The van der Waals surface area contributed by atoms with Crippen molar-refractivity contribution >= 4 is 19.9 Å². The summed E-state index contributed by atoms with van der Waals surface area (Å²) in [6.45, 7) is 0.145. The molecule has 0 radical (unpaired) electrons. The third-order valence-corrected chi connectivity index (χ3v) is 4.87. The van der Waals surface area contributed by atoms with Gasteiger partial charge in [-0.25, -0.2) is 21.6 Å². The van der Waals surface area contributed by atoms with Crippen molar-refractivity contribution in [3.05, 3.63) is 0 Å². The minimum atomic E-state index is -3.74. The number of nitrogens with one attached hydrogen (secondary N) is 1. The van der Waals surface area contributed by atoms with Crippen molar-refractivity contribution < 1.29 is 21.9 Å². The molecule has 2 N–H and O–H groups in total. The van der Waals surface area contributed by atoms with Gasteiger partial charge in [0.25, 0.3) is 0 Å². The van der Waals surface area contributed by atoms with Gasteiger partial charge in [-0.3, -0.25) is 0 Å². The molecule has 0 aromatic carbocycles. The monoisotopic (exact) mass is 245 g/mol. The molecular formula is C6H15NO5S2. The lowest BCUT2D eigenvalue weighted by molar-refractivity contribution is 0.285. The third kappa shape index (κ3) is 8.42. The lowest BCUT2D eigenvalue weighted by Gasteiger charge is -2.04. The second-order valence-electron chi connectivity index (χ2n) is 2.98. The normalized spacial score (nSPS) is 13.0. The Labute approximate surface area is 84.3 Å². The first-order chi connectivity index (χ1) is 6.27. The van der Waals surface area contributed by atoms with Gasteiger partial charge < -0.3 is 5.11 Å². The fourth-order valence-electron chi connectivity index (χ4n) is 0.788. The van der Waals surface area contributed by atoms with Crippen molar-refractivity contribution in [3.63, 3.8) is 0 Å². The van der Waals surface area contributed by atoms with E-state index in [4.69, 9.17) is 5.11 Å². The SMILES string of the molecule is CS(=O)(=O)CS(=O)(=O)NCCCCO. The van der Waals surface area contributed by atoms with Crippen molar-refractivity contribution in [2.24, 2.45) is 0 Å². The van der Waals surface area contributed by atoms with E-state index in [2.05, 4.69) is 4.72 Å². The molecule has 0 amide bonds. The van der Waals surface area contributed by atoms with Crippen LogP contribution in [0.25, 0.3) is 0 Å². The maximum absolute atomic E-state index is 11.1. The van der Waals surface area contributed by atoms with Crippen molar-refractivity contribution in [3.8, 4) is 0 Å². The maximum atomic E-state index is 11.1. The lowest BCUT2D eigenvalue weighted by atomic mass is 10.3. The molecule has 0 atom stereocenters. The second kappa shape index (κ2) is 5.64. The predicted molar refractivity (Wildman–Crippen MR) is 53.0 cm³/mol. The number of aliphatic hydroxyl groups excluding tert-OH is 1. The van der Waals surface area contributed by atoms with Crippen LogP contribution in [-0.4, -0.2) is 46.4 Å². The smallest absolute Gasteiger partial charge is 0.226 e. The quantitative estimate of drug-likeness (QED) is 0.542. The summed E-state index contributed by atoms with van der Waals surface area (Å²) in [5.74, 6) is 0. The molecule has 0 heterocycles. The summed E-state index contributed by atoms with van der Waals surface area (Å²) in [6.07, 6.45) is 1.83. The number of sulfone groups is 1. The number of aliphatic hydroxyl groups is 1. The Morgan fingerprint density at radius 1 is 1.14 bits per heavy atom. The fourth-order valence-corrected chi connectivity index (χ4v) is 3.83. The van der Waals surface area contributed by atoms with E-state index in [-0.39, 0.29) is 13.2 Å². The highest BCUT2D eigenvalue weighted by Crippen LogP contribution is 1.93. The molecule has 0 spiro atoms. The number of unbranched alkanes of at least 4 members (excludes halogenated alkanes) is 1. The minimum Gasteiger partial charge on any atom is -0.396 e. The van der Waals surface area contributed by atoms with Crippen molar-refractivity contribution in [2.45, 2.75) is 12.8 Å². The first-order valence-corrected chi connectivity index (χ1v) is 7.74. The van der Waals surface area contributed by atoms with Crippen molar-refractivity contribution in [1.82, 2.24) is 4.72 Å². The van der Waals surface area contributed by atoms with E-state index in [9.17, 15) is 16.8 Å². The van der Waals surface area contributed by atoms with Crippen LogP contribution in [0.3, 0.4) is 0 Å². The van der Waals surface area contributed by atoms with E-state index >= 15 is 0 Å². The van der Waals surface area contributed by atoms with E-state index in [1.165, 1.54) is 0 Å². The maximum Gasteiger partial charge on any atom is 0.226 e. The zero-order valence-corrected chi connectivity index (χ0v) is 9.57. The first-order valence-electron chi connectivity index (χ1n) is 4.03. The van der Waals surface area contributed by atoms with Gasteiger partial charge in [0.2, 0.25) is 10.0 Å². The van der Waals surface area contributed by atoms with Crippen LogP contribution >= 0.6 is 0 Å². The zero-order chi connectivity index (χ0) is 11.2. The number of hydrogen-bond acceptors (Lipinski definition) is 5. The summed E-state index contributed by atoms with van der Waals surface area (Å²) in [7, 11) is -7.26. The van der Waals surface area contributed by atoms with Crippen LogP contribution in [0.2, 0.25) is 0 Å². The third-order valence-electron chi connectivity index (χ3n) is 1.28. The van der Waals surface area contributed by atoms with Gasteiger partial charge in [-0.15, -0.1) is 0 Å². The molecule has 0 aromatic rings. The van der Waals surface area contributed by atoms with E-state index in [0.717, 1.165) is 6.26 Å². The summed E-state index contributed by atoms with van der Waals surface area (Å²) in [5, 5.41) is 7.52. The molecule has 0 aliphatic rings. The van der Waals surface area contributed by atoms with Gasteiger partial charge >= 0.3 is 0 Å². The molecule has 0 rings (SSSR count). The van der Waals surface area contributed by atoms with Crippen LogP contribution < -0.4 is 4.72 Å². The number of rotatable bonds is 7. The molecule has 14 heavy (non-hydrogen) atoms. The molecule has 8 heteroatoms. The second-order valence-corrected chi connectivity index (χ2v) is 7.30. The summed E-state index contributed by atoms with van der Waals surface area (Å²) in [6, 6.07) is 0. The van der Waals surface area contributed by atoms with Crippen LogP contribution in [0.15, 0.2) is 0 Å². The summed E-state index contributed by atoms with van der Waals surface area (Å²) in [4.78, 5) is 0. The van der Waals surface area contributed by atoms with Crippen LogP contribution in [0, 0.1) is 0 Å². The Balaban J connectivity index is 3.98. The van der Waals surface area contributed by atoms with E-state index in [1.54, 1.807) is 0 Å². The average molecular weight is 245 g/mol. The molecule has 0 fully saturated rings. The Hall–Kier alpha value is -0.180. The van der Waals surface area contributed by atoms with Crippen molar-refractivity contribution in [1.29, 1.82) is 0 Å². The minimum absolute atomic E-state index is 0.00615. The first kappa shape index (κ1) is 13.8. The van der Waals surface area contributed by atoms with Gasteiger partial charge in [0.1, 0.15) is 0 Å². The summed E-state index contributed by atoms with van der Waals surface area (Å²) >= 11 is 0. The van der Waals surface area contributed by atoms with Crippen LogP contribution in [0.5, 0.6) is 0 Å². The van der Waals surface area contributed by atoms with Gasteiger partial charge in [0.15, 0.2) is 14.9 Å². The number of hydrogen-bond donors (Lipinski definition) is 2. The molecule has 0 saturated heterocycles. The van der Waals surface area contributed by atoms with Crippen LogP contribution in [0.1, 0.15) is 12.8 Å². The summed E-state index contributed by atoms with van der Waals surface area (Å²) < 4.78 is 45.6. The van der Waals surface area contributed by atoms with E-state index in [0.29, 0.717) is 12.8 Å². The van der Waals surface area contributed by atoms with Gasteiger partial charge in [-0.2, -0.15) is 0 Å². The molecule has 0 aliphatic heterocycles. The Bertz CT molecular complexity index is 344. The van der Waals surface area contributed by atoms with Crippen LogP contribution in [0.4, 0.5) is 0 Å². The summed E-state index contributed by atoms with van der Waals surface area (Å²) in [5.41, 5.74) is 0. The lowest BCUT2D eigenvalue weighted by Crippen LogP contribution is -2.30. The molecular weight excluding hydrogens is 230 g/mol.